The van der Waals surface area contributed by atoms with Crippen molar-refractivity contribution in [1.29, 1.82) is 0 Å². The number of hydrogen-bond donors (Lipinski definition) is 2. The Bertz CT molecular complexity index is 701. The van der Waals surface area contributed by atoms with Crippen molar-refractivity contribution in [2.45, 2.75) is 26.7 Å². The number of nitrogens with one attached hydrogen (secondary N) is 2. The zero-order valence-corrected chi connectivity index (χ0v) is 14.7. The first-order valence-corrected chi connectivity index (χ1v) is 9.59. The van der Waals surface area contributed by atoms with Crippen molar-refractivity contribution in [1.82, 2.24) is 4.31 Å². The molecule has 1 fully saturated rings. The first-order chi connectivity index (χ1) is 11.3. The van der Waals surface area contributed by atoms with Crippen LogP contribution < -0.4 is 10.6 Å². The Morgan fingerprint density at radius 3 is 2.29 bits per heavy atom. The molecule has 8 heteroatoms. The van der Waals surface area contributed by atoms with Gasteiger partial charge >= 0.3 is 0 Å². The summed E-state index contributed by atoms with van der Waals surface area (Å²) in [5.41, 5.74) is 1.27. The van der Waals surface area contributed by atoms with E-state index in [0.717, 1.165) is 0 Å². The fourth-order valence-corrected chi connectivity index (χ4v) is 3.86. The van der Waals surface area contributed by atoms with Gasteiger partial charge in [-0.3, -0.25) is 9.59 Å². The van der Waals surface area contributed by atoms with E-state index in [0.29, 0.717) is 30.8 Å². The quantitative estimate of drug-likeness (QED) is 0.841. The average molecular weight is 353 g/mol. The van der Waals surface area contributed by atoms with Gasteiger partial charge in [0.25, 0.3) is 0 Å². The summed E-state index contributed by atoms with van der Waals surface area (Å²) >= 11 is 0. The molecule has 1 aromatic rings. The van der Waals surface area contributed by atoms with E-state index in [9.17, 15) is 18.0 Å². The summed E-state index contributed by atoms with van der Waals surface area (Å²) in [6.45, 7) is 3.74. The molecular formula is C16H23N3O4S. The van der Waals surface area contributed by atoms with Gasteiger partial charge in [0.15, 0.2) is 0 Å². The molecule has 0 unspecified atom stereocenters. The molecule has 1 saturated heterocycles. The van der Waals surface area contributed by atoms with E-state index >= 15 is 0 Å². The number of piperidine rings is 1. The second-order valence-electron chi connectivity index (χ2n) is 5.85. The van der Waals surface area contributed by atoms with Crippen LogP contribution in [-0.2, 0) is 19.6 Å². The van der Waals surface area contributed by atoms with Crippen molar-refractivity contribution in [3.63, 3.8) is 0 Å². The molecule has 1 atom stereocenters. The van der Waals surface area contributed by atoms with Crippen molar-refractivity contribution in [2.75, 3.05) is 29.5 Å². The Balaban J connectivity index is 1.97. The fraction of sp³-hybridized carbons (Fsp3) is 0.500. The minimum atomic E-state index is -3.26. The standard InChI is InChI=1S/C16H23N3O4S/c1-3-24(22,23)19-10-4-5-13(11-19)16(21)18-15-8-6-14(7-9-15)17-12(2)20/h6-9,13H,3-5,10-11H2,1-2H3,(H,17,20)(H,18,21)/t13-/m0/s1. The first kappa shape index (κ1) is 18.4. The number of sulfonamides is 1. The normalized spacial score (nSPS) is 18.8. The minimum Gasteiger partial charge on any atom is -0.326 e. The highest BCUT2D eigenvalue weighted by Crippen LogP contribution is 2.22. The molecule has 0 aromatic heterocycles. The monoisotopic (exact) mass is 353 g/mol. The lowest BCUT2D eigenvalue weighted by Gasteiger charge is -2.30. The Morgan fingerprint density at radius 2 is 1.75 bits per heavy atom. The number of nitrogens with zero attached hydrogens (tertiary/aromatic N) is 1. The van der Waals surface area contributed by atoms with E-state index in [1.807, 2.05) is 0 Å². The number of anilines is 2. The second-order valence-corrected chi connectivity index (χ2v) is 8.10. The molecule has 0 aliphatic carbocycles. The van der Waals surface area contributed by atoms with Gasteiger partial charge in [-0.25, -0.2) is 12.7 Å². The smallest absolute Gasteiger partial charge is 0.228 e. The van der Waals surface area contributed by atoms with Crippen LogP contribution >= 0.6 is 0 Å². The van der Waals surface area contributed by atoms with E-state index < -0.39 is 10.0 Å². The Kier molecular flexibility index (Phi) is 5.95. The molecule has 0 radical (unpaired) electrons. The predicted molar refractivity (Wildman–Crippen MR) is 93.1 cm³/mol. The lowest BCUT2D eigenvalue weighted by molar-refractivity contribution is -0.121. The van der Waals surface area contributed by atoms with Crippen LogP contribution in [-0.4, -0.2) is 43.4 Å². The highest BCUT2D eigenvalue weighted by molar-refractivity contribution is 7.89. The van der Waals surface area contributed by atoms with Crippen molar-refractivity contribution >= 4 is 33.2 Å². The highest BCUT2D eigenvalue weighted by atomic mass is 32.2. The SMILES string of the molecule is CCS(=O)(=O)N1CCC[C@H](C(=O)Nc2ccc(NC(C)=O)cc2)C1. The van der Waals surface area contributed by atoms with Crippen LogP contribution in [0.2, 0.25) is 0 Å². The van der Waals surface area contributed by atoms with Gasteiger partial charge in [0.05, 0.1) is 11.7 Å². The number of hydrogen-bond acceptors (Lipinski definition) is 4. The second kappa shape index (κ2) is 7.76. The van der Waals surface area contributed by atoms with Crippen molar-refractivity contribution < 1.29 is 18.0 Å². The number of carbonyl (C=O) groups is 2. The van der Waals surface area contributed by atoms with Gasteiger partial charge in [-0.2, -0.15) is 0 Å². The molecule has 2 N–H and O–H groups in total. The van der Waals surface area contributed by atoms with Gasteiger partial charge in [-0.05, 0) is 44.0 Å². The van der Waals surface area contributed by atoms with E-state index in [2.05, 4.69) is 10.6 Å². The molecule has 0 spiro atoms. The Labute approximate surface area is 142 Å². The van der Waals surface area contributed by atoms with Crippen molar-refractivity contribution in [3.05, 3.63) is 24.3 Å². The lowest BCUT2D eigenvalue weighted by atomic mass is 9.98. The number of benzene rings is 1. The largest absolute Gasteiger partial charge is 0.326 e. The van der Waals surface area contributed by atoms with Crippen LogP contribution in [0.3, 0.4) is 0 Å². The van der Waals surface area contributed by atoms with Crippen LogP contribution in [0.25, 0.3) is 0 Å². The zero-order chi connectivity index (χ0) is 17.7. The molecule has 0 saturated carbocycles. The van der Waals surface area contributed by atoms with E-state index in [-0.39, 0.29) is 30.0 Å². The van der Waals surface area contributed by atoms with Crippen LogP contribution in [0.1, 0.15) is 26.7 Å². The van der Waals surface area contributed by atoms with Crippen LogP contribution in [0.5, 0.6) is 0 Å². The Hall–Kier alpha value is -1.93. The summed E-state index contributed by atoms with van der Waals surface area (Å²) in [5.74, 6) is -0.647. The summed E-state index contributed by atoms with van der Waals surface area (Å²) in [4.78, 5) is 23.4. The molecule has 1 aliphatic heterocycles. The maximum Gasteiger partial charge on any atom is 0.228 e. The summed E-state index contributed by atoms with van der Waals surface area (Å²) < 4.78 is 25.3. The lowest BCUT2D eigenvalue weighted by Crippen LogP contribution is -2.44. The molecule has 1 aromatic carbocycles. The first-order valence-electron chi connectivity index (χ1n) is 7.98. The van der Waals surface area contributed by atoms with Crippen molar-refractivity contribution in [3.8, 4) is 0 Å². The molecule has 1 heterocycles. The van der Waals surface area contributed by atoms with Gasteiger partial charge in [-0.1, -0.05) is 0 Å². The molecule has 1 aliphatic rings. The molecular weight excluding hydrogens is 330 g/mol. The predicted octanol–water partition coefficient (Wildman–Crippen LogP) is 1.65. The van der Waals surface area contributed by atoms with Crippen LogP contribution in [0.4, 0.5) is 11.4 Å². The summed E-state index contributed by atoms with van der Waals surface area (Å²) in [6, 6.07) is 6.80. The van der Waals surface area contributed by atoms with Crippen LogP contribution in [0, 0.1) is 5.92 Å². The molecule has 2 amide bonds. The summed E-state index contributed by atoms with van der Waals surface area (Å²) in [5, 5.41) is 5.46. The molecule has 7 nitrogen and oxygen atoms in total. The summed E-state index contributed by atoms with van der Waals surface area (Å²) in [6.07, 6.45) is 1.35. The van der Waals surface area contributed by atoms with E-state index in [1.165, 1.54) is 11.2 Å². The summed E-state index contributed by atoms with van der Waals surface area (Å²) in [7, 11) is -3.26. The third-order valence-corrected chi connectivity index (χ3v) is 5.83. The molecule has 2 rings (SSSR count). The Morgan fingerprint density at radius 1 is 1.17 bits per heavy atom. The minimum absolute atomic E-state index is 0.0476. The van der Waals surface area contributed by atoms with E-state index in [1.54, 1.807) is 31.2 Å². The maximum atomic E-state index is 12.4. The van der Waals surface area contributed by atoms with Crippen molar-refractivity contribution in [2.24, 2.45) is 5.92 Å². The molecule has 0 bridgehead atoms. The highest BCUT2D eigenvalue weighted by Gasteiger charge is 2.31. The van der Waals surface area contributed by atoms with Gasteiger partial charge in [0, 0.05) is 31.4 Å². The zero-order valence-electron chi connectivity index (χ0n) is 13.9. The third kappa shape index (κ3) is 4.78. The average Bonchev–Trinajstić information content (AvgIpc) is 2.56. The van der Waals surface area contributed by atoms with E-state index in [4.69, 9.17) is 0 Å². The molecule has 24 heavy (non-hydrogen) atoms. The fourth-order valence-electron chi connectivity index (χ4n) is 2.68. The van der Waals surface area contributed by atoms with Gasteiger partial charge in [0.2, 0.25) is 21.8 Å². The van der Waals surface area contributed by atoms with Crippen LogP contribution in [0.15, 0.2) is 24.3 Å². The van der Waals surface area contributed by atoms with Gasteiger partial charge < -0.3 is 10.6 Å². The topological polar surface area (TPSA) is 95.6 Å². The maximum absolute atomic E-state index is 12.4. The van der Waals surface area contributed by atoms with Gasteiger partial charge in [-0.15, -0.1) is 0 Å². The number of rotatable bonds is 5. The number of carbonyl (C=O) groups excluding carboxylic acids is 2. The third-order valence-electron chi connectivity index (χ3n) is 3.99. The molecule has 132 valence electrons. The number of amides is 2. The van der Waals surface area contributed by atoms with Gasteiger partial charge in [0.1, 0.15) is 0 Å².